The molecule has 47 nitrogen and oxygen atoms in total. The second-order valence-corrected chi connectivity index (χ2v) is 26.4. The minimum atomic E-state index is -1.99. The lowest BCUT2D eigenvalue weighted by molar-refractivity contribution is -0.144. The quantitative estimate of drug-likeness (QED) is 0.0164. The van der Waals surface area contributed by atoms with Gasteiger partial charge in [-0.1, -0.05) is 44.2 Å². The van der Waals surface area contributed by atoms with Crippen molar-refractivity contribution in [3.63, 3.8) is 0 Å². The average Bonchev–Trinajstić information content (AvgIpc) is 0.867. The number of thioether (sulfide) groups is 1. The summed E-state index contributed by atoms with van der Waals surface area (Å²) < 4.78 is 0. The number of nitrogens with zero attached hydrogens (tertiary/aromatic N) is 4. The molecule has 1 rings (SSSR count). The highest BCUT2D eigenvalue weighted by Crippen LogP contribution is 2.12. The largest absolute Gasteiger partial charge is 0.481 e. The Labute approximate surface area is 648 Å². The van der Waals surface area contributed by atoms with Crippen molar-refractivity contribution in [1.29, 1.82) is 0 Å². The van der Waals surface area contributed by atoms with E-state index in [0.29, 0.717) is 5.56 Å². The van der Waals surface area contributed by atoms with E-state index >= 15 is 0 Å². The number of aliphatic carboxylic acids is 2. The molecule has 0 radical (unpaired) electrons. The van der Waals surface area contributed by atoms with Crippen molar-refractivity contribution in [2.24, 2.45) is 77.5 Å². The number of benzene rings is 1. The third kappa shape index (κ3) is 41.3. The number of carbonyl (C=O) groups is 15. The predicted molar refractivity (Wildman–Crippen MR) is 406 cm³/mol. The number of hydrogen-bond acceptors (Lipinski definition) is 25. The Hall–Kier alpha value is -11.5. The number of rotatable bonds is 56. The predicted octanol–water partition coefficient (Wildman–Crippen LogP) is -13.3. The summed E-state index contributed by atoms with van der Waals surface area (Å²) in [7, 11) is 0. The topological polar surface area (TPSA) is 817 Å². The van der Waals surface area contributed by atoms with Gasteiger partial charge in [-0.15, -0.1) is 0 Å². The van der Waals surface area contributed by atoms with Crippen LogP contribution in [0.1, 0.15) is 90.0 Å². The van der Waals surface area contributed by atoms with E-state index in [1.807, 2.05) is 0 Å². The summed E-state index contributed by atoms with van der Waals surface area (Å²) in [5.41, 5.74) is 49.5. The normalized spacial score (nSPS) is 14.0. The maximum atomic E-state index is 14.1. The van der Waals surface area contributed by atoms with Gasteiger partial charge < -0.3 is 151 Å². The Kier molecular flexibility index (Phi) is 47.6. The van der Waals surface area contributed by atoms with Gasteiger partial charge in [0.05, 0.1) is 45.9 Å². The molecule has 0 saturated carbocycles. The molecule has 0 spiro atoms. The third-order valence-corrected chi connectivity index (χ3v) is 16.3. The summed E-state index contributed by atoms with van der Waals surface area (Å²) in [5.74, 6) is -18.3. The smallest absolute Gasteiger partial charge is 0.326 e. The summed E-state index contributed by atoms with van der Waals surface area (Å²) in [6.45, 7) is -2.75. The molecule has 0 aromatic heterocycles. The Bertz CT molecular complexity index is 3400. The van der Waals surface area contributed by atoms with E-state index in [1.165, 1.54) is 11.8 Å². The Morgan fingerprint density at radius 3 is 1.09 bits per heavy atom. The van der Waals surface area contributed by atoms with Gasteiger partial charge in [0.15, 0.2) is 23.8 Å². The van der Waals surface area contributed by atoms with E-state index in [9.17, 15) is 103 Å². The molecule has 12 atom stereocenters. The highest BCUT2D eigenvalue weighted by Gasteiger charge is 2.37. The van der Waals surface area contributed by atoms with Crippen molar-refractivity contribution >= 4 is 124 Å². The van der Waals surface area contributed by atoms with Crippen molar-refractivity contribution in [2.75, 3.05) is 77.7 Å². The first-order valence-corrected chi connectivity index (χ1v) is 36.6. The zero-order valence-corrected chi connectivity index (χ0v) is 63.2. The van der Waals surface area contributed by atoms with Crippen molar-refractivity contribution in [3.8, 4) is 0 Å². The van der Waals surface area contributed by atoms with Gasteiger partial charge >= 0.3 is 11.9 Å². The van der Waals surface area contributed by atoms with Crippen molar-refractivity contribution < 1.29 is 103 Å². The van der Waals surface area contributed by atoms with Crippen LogP contribution in [0.25, 0.3) is 0 Å². The number of carbonyl (C=O) groups excluding carboxylic acids is 13. The molecule has 0 unspecified atom stereocenters. The number of guanidine groups is 4. The minimum absolute atomic E-state index is 0.00781. The second-order valence-electron chi connectivity index (χ2n) is 25.4. The number of aliphatic hydroxyl groups is 4. The second kappa shape index (κ2) is 54.2. The Morgan fingerprint density at radius 2 is 0.714 bits per heavy atom. The summed E-state index contributed by atoms with van der Waals surface area (Å²) in [5, 5.41) is 90.1. The lowest BCUT2D eigenvalue weighted by Crippen LogP contribution is -2.61. The van der Waals surface area contributed by atoms with Crippen LogP contribution in [0.4, 0.5) is 0 Å². The van der Waals surface area contributed by atoms with Crippen LogP contribution in [0.15, 0.2) is 50.3 Å². The lowest BCUT2D eigenvalue weighted by atomic mass is 10.0. The SMILES string of the molecule is CSCC[C@H](NC(=O)[C@H](CCCN=C(N)N)NC(=O)CNC(=O)CNC(=O)[C@H](Cc1ccccc1)NC(=O)[C@H](CO)NC(=O)[C@H](CO)NC(=O)[C@H](CO)NC(=O)[C@H](CCCN=C(N)N)NC(=O)[C@H](CCCN=C(N)N)NC(=O)[C@H](CC(C)C)NC(=O)[C@@H](N)CO)C(=O)N[C@@H](CC(=O)O)C(=O)N[C@@H](CCCN=C(N)N)C(=O)O. The highest BCUT2D eigenvalue weighted by atomic mass is 32.2. The monoisotopic (exact) mass is 1610 g/mol. The number of carboxylic acid groups (broad SMARTS) is 2. The molecule has 37 N–H and O–H groups in total. The molecule has 13 amide bonds. The molecule has 0 aliphatic rings. The number of amides is 13. The van der Waals surface area contributed by atoms with Crippen molar-refractivity contribution in [3.05, 3.63) is 35.9 Å². The van der Waals surface area contributed by atoms with Gasteiger partial charge in [0.1, 0.15) is 72.5 Å². The molecule has 0 fully saturated rings. The van der Waals surface area contributed by atoms with E-state index in [4.69, 9.17) is 51.6 Å². The van der Waals surface area contributed by atoms with E-state index in [0.717, 1.165) is 0 Å². The molecule has 0 aliphatic heterocycles. The molecule has 628 valence electrons. The van der Waals surface area contributed by atoms with E-state index in [1.54, 1.807) is 50.4 Å². The van der Waals surface area contributed by atoms with Crippen LogP contribution < -0.4 is 121 Å². The van der Waals surface area contributed by atoms with Crippen LogP contribution in [-0.4, -0.2) is 293 Å². The van der Waals surface area contributed by atoms with Crippen LogP contribution in [-0.2, 0) is 78.3 Å². The van der Waals surface area contributed by atoms with Gasteiger partial charge in [0.25, 0.3) is 0 Å². The maximum Gasteiger partial charge on any atom is 0.326 e. The van der Waals surface area contributed by atoms with Crippen molar-refractivity contribution in [2.45, 2.75) is 163 Å². The first-order valence-electron chi connectivity index (χ1n) is 35.2. The number of aliphatic imine (C=N–C) groups is 4. The Morgan fingerprint density at radius 1 is 0.384 bits per heavy atom. The number of aliphatic hydroxyl groups excluding tert-OH is 4. The maximum absolute atomic E-state index is 14.1. The first kappa shape index (κ1) is 98.5. The Balaban J connectivity index is 3.38. The van der Waals surface area contributed by atoms with E-state index < -0.39 is 207 Å². The number of hydrogen-bond donors (Lipinski definition) is 28. The summed E-state index contributed by atoms with van der Waals surface area (Å²) in [6.07, 6.45) is -0.396. The average molecular weight is 1610 g/mol. The van der Waals surface area contributed by atoms with E-state index in [-0.39, 0.29) is 132 Å². The van der Waals surface area contributed by atoms with Crippen molar-refractivity contribution in [1.82, 2.24) is 69.1 Å². The number of nitrogens with one attached hydrogen (secondary N) is 13. The summed E-state index contributed by atoms with van der Waals surface area (Å²) in [4.78, 5) is 217. The molecule has 1 aromatic rings. The molecule has 1 aromatic carbocycles. The summed E-state index contributed by atoms with van der Waals surface area (Å²) in [6, 6.07) is -11.7. The van der Waals surface area contributed by atoms with Crippen LogP contribution in [0.3, 0.4) is 0 Å². The standard InChI is InChI=1S/C64H110N26O21S/c1-32(2)23-40(85-49(99)34(65)28-91)55(105)82-36(14-8-19-75-62(68)69)52(102)81-37(15-9-20-76-63(70)71)53(103)88-44(30-93)58(108)90-45(31-94)59(109)89-43(29-92)57(107)86-41(24-33-11-5-4-6-12-33)50(100)79-26-46(95)78-27-47(96)80-35(13-7-18-74-61(66)67)51(101)83-38(17-22-112-3)54(104)87-42(25-48(97)98)56(106)84-39(60(110)111)16-10-21-77-64(72)73/h4-6,11-12,32,34-45,91-94H,7-10,13-31,65H2,1-3H3,(H,78,95)(H,79,100)(H,80,96)(H,81,102)(H,82,105)(H,83,101)(H,84,106)(H,85,99)(H,86,107)(H,87,104)(H,88,103)(H,89,109)(H,90,108)(H,97,98)(H,110,111)(H4,66,67,74)(H4,68,69,75)(H4,70,71,76)(H4,72,73,77)/t34-,35-,36-,37-,38-,39-,40-,41-,42-,43-,44-,45-/m0/s1. The van der Waals surface area contributed by atoms with E-state index in [2.05, 4.69) is 89.1 Å². The lowest BCUT2D eigenvalue weighted by Gasteiger charge is -2.27. The van der Waals surface area contributed by atoms with Gasteiger partial charge in [0.2, 0.25) is 76.8 Å². The van der Waals surface area contributed by atoms with Gasteiger partial charge in [-0.25, -0.2) is 4.79 Å². The van der Waals surface area contributed by atoms with Gasteiger partial charge in [0, 0.05) is 32.6 Å². The van der Waals surface area contributed by atoms with Crippen LogP contribution >= 0.6 is 11.8 Å². The molecular weight excluding hydrogens is 1500 g/mol. The molecule has 0 heterocycles. The molecule has 48 heteroatoms. The molecule has 0 saturated heterocycles. The number of nitrogens with two attached hydrogens (primary N) is 9. The fraction of sp³-hybridized carbons (Fsp3) is 0.609. The third-order valence-electron chi connectivity index (χ3n) is 15.7. The molecule has 0 bridgehead atoms. The fourth-order valence-electron chi connectivity index (χ4n) is 9.90. The van der Waals surface area contributed by atoms with Gasteiger partial charge in [-0.2, -0.15) is 11.8 Å². The highest BCUT2D eigenvalue weighted by molar-refractivity contribution is 7.98. The molecule has 112 heavy (non-hydrogen) atoms. The van der Waals surface area contributed by atoms with Crippen LogP contribution in [0.5, 0.6) is 0 Å². The summed E-state index contributed by atoms with van der Waals surface area (Å²) >= 11 is 1.23. The molecular formula is C64H110N26O21S. The zero-order chi connectivity index (χ0) is 84.6. The first-order chi connectivity index (χ1) is 52.9. The minimum Gasteiger partial charge on any atom is -0.481 e. The van der Waals surface area contributed by atoms with Gasteiger partial charge in [-0.3, -0.25) is 87.1 Å². The zero-order valence-electron chi connectivity index (χ0n) is 62.4. The van der Waals surface area contributed by atoms with Crippen LogP contribution in [0.2, 0.25) is 0 Å². The van der Waals surface area contributed by atoms with Crippen LogP contribution in [0, 0.1) is 5.92 Å². The fourth-order valence-corrected chi connectivity index (χ4v) is 10.4. The number of carboxylic acids is 2. The molecule has 0 aliphatic carbocycles. The van der Waals surface area contributed by atoms with Gasteiger partial charge in [-0.05, 0) is 87.7 Å².